The molecular weight excluding hydrogens is 360 g/mol. The van der Waals surface area contributed by atoms with Gasteiger partial charge in [-0.3, -0.25) is 4.79 Å². The van der Waals surface area contributed by atoms with Crippen LogP contribution in [0, 0.1) is 0 Å². The molecule has 5 heteroatoms. The quantitative estimate of drug-likeness (QED) is 0.644. The summed E-state index contributed by atoms with van der Waals surface area (Å²) in [6.45, 7) is 7.90. The molecule has 3 aromatic rings. The third-order valence-corrected chi connectivity index (χ3v) is 5.48. The van der Waals surface area contributed by atoms with Crippen LogP contribution in [0.5, 0.6) is 0 Å². The third-order valence-electron chi connectivity index (χ3n) is 5.48. The molecule has 0 N–H and O–H groups in total. The van der Waals surface area contributed by atoms with Gasteiger partial charge in [0.1, 0.15) is 11.5 Å². The molecule has 0 spiro atoms. The van der Waals surface area contributed by atoms with Crippen LogP contribution < -0.4 is 9.80 Å². The number of amides is 1. The SMILES string of the molecule is CCN(CC)c1cc(C(=O)N2c3ccccc3CC2C)nc(-c2ccccc2)n1. The first-order chi connectivity index (χ1) is 14.1. The Hall–Kier alpha value is -3.21. The molecule has 0 saturated carbocycles. The summed E-state index contributed by atoms with van der Waals surface area (Å²) < 4.78 is 0. The Bertz CT molecular complexity index is 1010. The Labute approximate surface area is 172 Å². The fourth-order valence-electron chi connectivity index (χ4n) is 3.97. The van der Waals surface area contributed by atoms with Crippen molar-refractivity contribution in [2.24, 2.45) is 0 Å². The molecule has 1 aromatic heterocycles. The zero-order valence-corrected chi connectivity index (χ0v) is 17.2. The van der Waals surface area contributed by atoms with E-state index in [9.17, 15) is 4.79 Å². The maximum Gasteiger partial charge on any atom is 0.277 e. The average Bonchev–Trinajstić information content (AvgIpc) is 3.10. The monoisotopic (exact) mass is 386 g/mol. The van der Waals surface area contributed by atoms with Gasteiger partial charge in [-0.15, -0.1) is 0 Å². The molecule has 2 heterocycles. The molecular formula is C24H26N4O. The van der Waals surface area contributed by atoms with Crippen molar-refractivity contribution >= 4 is 17.4 Å². The van der Waals surface area contributed by atoms with Crippen molar-refractivity contribution in [1.29, 1.82) is 0 Å². The van der Waals surface area contributed by atoms with E-state index in [4.69, 9.17) is 4.98 Å². The third kappa shape index (κ3) is 3.60. The maximum atomic E-state index is 13.6. The van der Waals surface area contributed by atoms with Crippen molar-refractivity contribution in [3.8, 4) is 11.4 Å². The predicted molar refractivity (Wildman–Crippen MR) is 117 cm³/mol. The van der Waals surface area contributed by atoms with Gasteiger partial charge in [-0.1, -0.05) is 48.5 Å². The zero-order chi connectivity index (χ0) is 20.4. The van der Waals surface area contributed by atoms with Crippen LogP contribution in [-0.4, -0.2) is 35.0 Å². The molecule has 0 saturated heterocycles. The lowest BCUT2D eigenvalue weighted by molar-refractivity contribution is 0.0976. The summed E-state index contributed by atoms with van der Waals surface area (Å²) >= 11 is 0. The Balaban J connectivity index is 1.80. The van der Waals surface area contributed by atoms with Gasteiger partial charge in [-0.2, -0.15) is 0 Å². The summed E-state index contributed by atoms with van der Waals surface area (Å²) in [5.41, 5.74) is 3.53. The van der Waals surface area contributed by atoms with Crippen molar-refractivity contribution in [2.75, 3.05) is 22.9 Å². The van der Waals surface area contributed by atoms with E-state index in [0.29, 0.717) is 11.5 Å². The Morgan fingerprint density at radius 1 is 1.03 bits per heavy atom. The van der Waals surface area contributed by atoms with Gasteiger partial charge in [0.2, 0.25) is 0 Å². The van der Waals surface area contributed by atoms with Gasteiger partial charge in [-0.05, 0) is 38.8 Å². The van der Waals surface area contributed by atoms with E-state index in [0.717, 1.165) is 36.6 Å². The lowest BCUT2D eigenvalue weighted by Crippen LogP contribution is -2.36. The highest BCUT2D eigenvalue weighted by atomic mass is 16.2. The van der Waals surface area contributed by atoms with E-state index in [1.54, 1.807) is 0 Å². The molecule has 0 bridgehead atoms. The normalized spacial score (nSPS) is 15.3. The number of rotatable bonds is 5. The minimum absolute atomic E-state index is 0.0737. The topological polar surface area (TPSA) is 49.3 Å². The van der Waals surface area contributed by atoms with E-state index in [1.165, 1.54) is 5.56 Å². The van der Waals surface area contributed by atoms with Crippen LogP contribution in [0.4, 0.5) is 11.5 Å². The number of anilines is 2. The van der Waals surface area contributed by atoms with E-state index >= 15 is 0 Å². The summed E-state index contributed by atoms with van der Waals surface area (Å²) in [5.74, 6) is 1.29. The first kappa shape index (κ1) is 19.1. The number of aromatic nitrogens is 2. The summed E-state index contributed by atoms with van der Waals surface area (Å²) in [5, 5.41) is 0. The number of hydrogen-bond acceptors (Lipinski definition) is 4. The van der Waals surface area contributed by atoms with Crippen LogP contribution >= 0.6 is 0 Å². The lowest BCUT2D eigenvalue weighted by Gasteiger charge is -2.24. The second kappa shape index (κ2) is 8.03. The van der Waals surface area contributed by atoms with E-state index < -0.39 is 0 Å². The number of fused-ring (bicyclic) bond motifs is 1. The minimum Gasteiger partial charge on any atom is -0.357 e. The molecule has 1 amide bonds. The summed E-state index contributed by atoms with van der Waals surface area (Å²) in [6.07, 6.45) is 0.863. The van der Waals surface area contributed by atoms with Crippen LogP contribution in [0.15, 0.2) is 60.7 Å². The number of hydrogen-bond donors (Lipinski definition) is 0. The highest BCUT2D eigenvalue weighted by Crippen LogP contribution is 2.33. The Morgan fingerprint density at radius 3 is 2.45 bits per heavy atom. The largest absolute Gasteiger partial charge is 0.357 e. The molecule has 5 nitrogen and oxygen atoms in total. The lowest BCUT2D eigenvalue weighted by atomic mass is 10.1. The molecule has 0 aliphatic carbocycles. The van der Waals surface area contributed by atoms with Crippen molar-refractivity contribution in [3.63, 3.8) is 0 Å². The van der Waals surface area contributed by atoms with Gasteiger partial charge in [0.25, 0.3) is 5.91 Å². The zero-order valence-electron chi connectivity index (χ0n) is 17.2. The van der Waals surface area contributed by atoms with Crippen molar-refractivity contribution < 1.29 is 4.79 Å². The Kier molecular flexibility index (Phi) is 5.30. The number of carbonyl (C=O) groups excluding carboxylic acids is 1. The van der Waals surface area contributed by atoms with Crippen LogP contribution in [0.3, 0.4) is 0 Å². The second-order valence-corrected chi connectivity index (χ2v) is 7.33. The fourth-order valence-corrected chi connectivity index (χ4v) is 3.97. The van der Waals surface area contributed by atoms with Crippen LogP contribution in [0.1, 0.15) is 36.8 Å². The average molecular weight is 386 g/mol. The van der Waals surface area contributed by atoms with Gasteiger partial charge >= 0.3 is 0 Å². The number of para-hydroxylation sites is 1. The summed E-state index contributed by atoms with van der Waals surface area (Å²) in [6, 6.07) is 19.9. The first-order valence-electron chi connectivity index (χ1n) is 10.2. The molecule has 1 aliphatic heterocycles. The first-order valence-corrected chi connectivity index (χ1v) is 10.2. The van der Waals surface area contributed by atoms with Gasteiger partial charge in [0.15, 0.2) is 5.82 Å². The van der Waals surface area contributed by atoms with Crippen molar-refractivity contribution in [2.45, 2.75) is 33.2 Å². The van der Waals surface area contributed by atoms with Crippen molar-refractivity contribution in [1.82, 2.24) is 9.97 Å². The summed E-state index contributed by atoms with van der Waals surface area (Å²) in [4.78, 5) is 27.0. The molecule has 148 valence electrons. The molecule has 4 rings (SSSR count). The van der Waals surface area contributed by atoms with E-state index in [-0.39, 0.29) is 11.9 Å². The number of benzene rings is 2. The highest BCUT2D eigenvalue weighted by Gasteiger charge is 2.32. The van der Waals surface area contributed by atoms with Crippen LogP contribution in [0.2, 0.25) is 0 Å². The molecule has 1 unspecified atom stereocenters. The molecule has 0 radical (unpaired) electrons. The highest BCUT2D eigenvalue weighted by molar-refractivity contribution is 6.07. The predicted octanol–water partition coefficient (Wildman–Crippen LogP) is 4.58. The number of carbonyl (C=O) groups is 1. The van der Waals surface area contributed by atoms with E-state index in [1.807, 2.05) is 59.5 Å². The van der Waals surface area contributed by atoms with Crippen LogP contribution in [0.25, 0.3) is 11.4 Å². The summed E-state index contributed by atoms with van der Waals surface area (Å²) in [7, 11) is 0. The number of nitrogens with zero attached hydrogens (tertiary/aromatic N) is 4. The second-order valence-electron chi connectivity index (χ2n) is 7.33. The minimum atomic E-state index is -0.0737. The Morgan fingerprint density at radius 2 is 1.72 bits per heavy atom. The van der Waals surface area contributed by atoms with Gasteiger partial charge in [0.05, 0.1) is 0 Å². The fraction of sp³-hybridized carbons (Fsp3) is 0.292. The van der Waals surface area contributed by atoms with Gasteiger partial charge < -0.3 is 9.80 Å². The molecule has 29 heavy (non-hydrogen) atoms. The standard InChI is InChI=1S/C24H26N4O/c1-4-27(5-2)22-16-20(25-23(26-22)18-11-7-6-8-12-18)24(29)28-17(3)15-19-13-9-10-14-21(19)28/h6-14,16-17H,4-5,15H2,1-3H3. The molecule has 0 fully saturated rings. The molecule has 1 atom stereocenters. The van der Waals surface area contributed by atoms with Gasteiger partial charge in [-0.25, -0.2) is 9.97 Å². The van der Waals surface area contributed by atoms with E-state index in [2.05, 4.69) is 36.7 Å². The smallest absolute Gasteiger partial charge is 0.277 e. The van der Waals surface area contributed by atoms with Crippen LogP contribution in [-0.2, 0) is 6.42 Å². The van der Waals surface area contributed by atoms with Crippen molar-refractivity contribution in [3.05, 3.63) is 71.9 Å². The molecule has 2 aromatic carbocycles. The molecule has 1 aliphatic rings. The maximum absolute atomic E-state index is 13.6. The van der Waals surface area contributed by atoms with Gasteiger partial charge in [0, 0.05) is 36.4 Å².